The Bertz CT molecular complexity index is 568. The Morgan fingerprint density at radius 2 is 1.63 bits per heavy atom. The van der Waals surface area contributed by atoms with Crippen molar-refractivity contribution in [2.24, 2.45) is 4.99 Å². The van der Waals surface area contributed by atoms with E-state index in [0.29, 0.717) is 13.1 Å². The predicted molar refractivity (Wildman–Crippen MR) is 75.7 cm³/mol. The summed E-state index contributed by atoms with van der Waals surface area (Å²) in [6.07, 6.45) is 1.74. The second-order valence-corrected chi connectivity index (χ2v) is 4.75. The quantitative estimate of drug-likeness (QED) is 0.910. The number of hydrogen-bond donors (Lipinski definition) is 1. The molecule has 96 valence electrons. The van der Waals surface area contributed by atoms with E-state index < -0.39 is 5.72 Å². The first-order valence-corrected chi connectivity index (χ1v) is 6.37. The van der Waals surface area contributed by atoms with Crippen molar-refractivity contribution in [3.8, 4) is 0 Å². The van der Waals surface area contributed by atoms with Crippen molar-refractivity contribution < 1.29 is 5.11 Å². The smallest absolute Gasteiger partial charge is 0.185 e. The van der Waals surface area contributed by atoms with Crippen LogP contribution >= 0.6 is 0 Å². The van der Waals surface area contributed by atoms with Crippen molar-refractivity contribution in [1.82, 2.24) is 4.90 Å². The molecule has 3 heteroatoms. The summed E-state index contributed by atoms with van der Waals surface area (Å²) in [6.45, 7) is 1.03. The molecule has 1 N–H and O–H groups in total. The van der Waals surface area contributed by atoms with Gasteiger partial charge in [0.15, 0.2) is 5.72 Å². The molecule has 0 radical (unpaired) electrons. The number of rotatable bonds is 3. The van der Waals surface area contributed by atoms with Gasteiger partial charge in [-0.2, -0.15) is 0 Å². The van der Waals surface area contributed by atoms with Gasteiger partial charge in [0.25, 0.3) is 0 Å². The van der Waals surface area contributed by atoms with Crippen LogP contribution < -0.4 is 0 Å². The highest BCUT2D eigenvalue weighted by Gasteiger charge is 2.38. The minimum atomic E-state index is -1.03. The van der Waals surface area contributed by atoms with Gasteiger partial charge in [0.05, 0.1) is 12.9 Å². The van der Waals surface area contributed by atoms with Crippen LogP contribution in [0.1, 0.15) is 11.1 Å². The van der Waals surface area contributed by atoms with Crippen molar-refractivity contribution in [3.63, 3.8) is 0 Å². The molecule has 2 aromatic rings. The largest absolute Gasteiger partial charge is 0.365 e. The first-order valence-electron chi connectivity index (χ1n) is 6.37. The van der Waals surface area contributed by atoms with Gasteiger partial charge >= 0.3 is 0 Å². The molecule has 0 aliphatic carbocycles. The summed E-state index contributed by atoms with van der Waals surface area (Å²) in [6, 6.07) is 19.8. The first-order chi connectivity index (χ1) is 9.29. The summed E-state index contributed by atoms with van der Waals surface area (Å²) in [5, 5.41) is 10.9. The van der Waals surface area contributed by atoms with E-state index in [2.05, 4.69) is 17.1 Å². The summed E-state index contributed by atoms with van der Waals surface area (Å²) in [7, 11) is 0. The topological polar surface area (TPSA) is 35.8 Å². The Morgan fingerprint density at radius 3 is 2.32 bits per heavy atom. The van der Waals surface area contributed by atoms with Gasteiger partial charge in [-0.15, -0.1) is 0 Å². The van der Waals surface area contributed by atoms with Gasteiger partial charge in [-0.05, 0) is 5.56 Å². The zero-order valence-corrected chi connectivity index (χ0v) is 10.6. The predicted octanol–water partition coefficient (Wildman–Crippen LogP) is 2.38. The van der Waals surface area contributed by atoms with Gasteiger partial charge < -0.3 is 10.0 Å². The molecule has 3 nitrogen and oxygen atoms in total. The van der Waals surface area contributed by atoms with E-state index in [4.69, 9.17) is 0 Å². The van der Waals surface area contributed by atoms with Crippen LogP contribution in [0.3, 0.4) is 0 Å². The Balaban J connectivity index is 1.87. The molecule has 1 atom stereocenters. The van der Waals surface area contributed by atoms with Gasteiger partial charge in [0.1, 0.15) is 0 Å². The zero-order valence-electron chi connectivity index (χ0n) is 10.6. The van der Waals surface area contributed by atoms with Crippen LogP contribution in [0.5, 0.6) is 0 Å². The Labute approximate surface area is 112 Å². The van der Waals surface area contributed by atoms with Crippen molar-refractivity contribution in [2.45, 2.75) is 12.3 Å². The van der Waals surface area contributed by atoms with E-state index >= 15 is 0 Å². The molecule has 1 unspecified atom stereocenters. The van der Waals surface area contributed by atoms with Crippen LogP contribution in [-0.4, -0.2) is 22.9 Å². The van der Waals surface area contributed by atoms with Crippen molar-refractivity contribution in [3.05, 3.63) is 71.8 Å². The summed E-state index contributed by atoms with van der Waals surface area (Å²) >= 11 is 0. The lowest BCUT2D eigenvalue weighted by atomic mass is 10.0. The highest BCUT2D eigenvalue weighted by Crippen LogP contribution is 2.30. The fraction of sp³-hybridized carbons (Fsp3) is 0.188. The summed E-state index contributed by atoms with van der Waals surface area (Å²) in [4.78, 5) is 6.13. The summed E-state index contributed by atoms with van der Waals surface area (Å²) in [5.41, 5.74) is 1.01. The average Bonchev–Trinajstić information content (AvgIpc) is 2.84. The van der Waals surface area contributed by atoms with Gasteiger partial charge in [-0.25, -0.2) is 0 Å². The molecule has 19 heavy (non-hydrogen) atoms. The van der Waals surface area contributed by atoms with Crippen molar-refractivity contribution in [2.75, 3.05) is 6.54 Å². The third-order valence-corrected chi connectivity index (χ3v) is 3.44. The Hall–Kier alpha value is -2.13. The standard InChI is InChI=1S/C16H16N2O/c19-16(15-9-5-2-6-10-15)12-17-13-18(16)11-14-7-3-1-4-8-14/h1-10,13,19H,11-12H2. The molecule has 0 aromatic heterocycles. The van der Waals surface area contributed by atoms with Crippen LogP contribution in [0.15, 0.2) is 65.7 Å². The lowest BCUT2D eigenvalue weighted by Crippen LogP contribution is -2.43. The molecular weight excluding hydrogens is 236 g/mol. The Morgan fingerprint density at radius 1 is 1.00 bits per heavy atom. The molecule has 0 amide bonds. The molecule has 0 fully saturated rings. The highest BCUT2D eigenvalue weighted by atomic mass is 16.3. The number of aliphatic imine (C=N–C) groups is 1. The van der Waals surface area contributed by atoms with E-state index in [9.17, 15) is 5.11 Å². The average molecular weight is 252 g/mol. The molecule has 1 aliphatic heterocycles. The van der Waals surface area contributed by atoms with Gasteiger partial charge in [0.2, 0.25) is 0 Å². The number of benzene rings is 2. The molecule has 0 saturated carbocycles. The fourth-order valence-electron chi connectivity index (χ4n) is 2.37. The molecule has 2 aromatic carbocycles. The van der Waals surface area contributed by atoms with E-state index in [0.717, 1.165) is 11.1 Å². The molecule has 0 saturated heterocycles. The number of hydrogen-bond acceptors (Lipinski definition) is 3. The van der Waals surface area contributed by atoms with E-state index in [-0.39, 0.29) is 0 Å². The van der Waals surface area contributed by atoms with E-state index in [1.54, 1.807) is 6.34 Å². The maximum Gasteiger partial charge on any atom is 0.185 e. The molecule has 1 aliphatic rings. The molecule has 0 spiro atoms. The van der Waals surface area contributed by atoms with E-state index in [1.807, 2.05) is 53.4 Å². The van der Waals surface area contributed by atoms with Gasteiger partial charge in [-0.1, -0.05) is 60.7 Å². The van der Waals surface area contributed by atoms with Crippen LogP contribution in [0.25, 0.3) is 0 Å². The van der Waals surface area contributed by atoms with Gasteiger partial charge in [-0.3, -0.25) is 4.99 Å². The number of nitrogens with zero attached hydrogens (tertiary/aromatic N) is 2. The molecule has 0 bridgehead atoms. The third kappa shape index (κ3) is 2.25. The molecule has 1 heterocycles. The van der Waals surface area contributed by atoms with E-state index in [1.165, 1.54) is 0 Å². The summed E-state index contributed by atoms with van der Waals surface area (Å²) in [5.74, 6) is 0. The SMILES string of the molecule is OC1(c2ccccc2)CN=CN1Cc1ccccc1. The summed E-state index contributed by atoms with van der Waals surface area (Å²) < 4.78 is 0. The molecule has 3 rings (SSSR count). The van der Waals surface area contributed by atoms with Crippen LogP contribution in [0.2, 0.25) is 0 Å². The monoisotopic (exact) mass is 252 g/mol. The van der Waals surface area contributed by atoms with Crippen LogP contribution in [-0.2, 0) is 12.3 Å². The second-order valence-electron chi connectivity index (χ2n) is 4.75. The fourth-order valence-corrected chi connectivity index (χ4v) is 2.37. The van der Waals surface area contributed by atoms with Crippen LogP contribution in [0, 0.1) is 0 Å². The first kappa shape index (κ1) is 11.9. The normalized spacial score (nSPS) is 21.8. The third-order valence-electron chi connectivity index (χ3n) is 3.44. The lowest BCUT2D eigenvalue weighted by Gasteiger charge is -2.33. The van der Waals surface area contributed by atoms with Crippen LogP contribution in [0.4, 0.5) is 0 Å². The van der Waals surface area contributed by atoms with Crippen molar-refractivity contribution in [1.29, 1.82) is 0 Å². The van der Waals surface area contributed by atoms with Gasteiger partial charge in [0, 0.05) is 12.1 Å². The van der Waals surface area contributed by atoms with Crippen molar-refractivity contribution >= 4 is 6.34 Å². The Kier molecular flexibility index (Phi) is 3.05. The number of aliphatic hydroxyl groups is 1. The zero-order chi connectivity index (χ0) is 13.1. The molecular formula is C16H16N2O. The highest BCUT2D eigenvalue weighted by molar-refractivity contribution is 5.60. The minimum absolute atomic E-state index is 0.379. The maximum atomic E-state index is 10.9. The maximum absolute atomic E-state index is 10.9. The second kappa shape index (κ2) is 4.86. The lowest BCUT2D eigenvalue weighted by molar-refractivity contribution is -0.0576. The minimum Gasteiger partial charge on any atom is -0.365 e.